The summed E-state index contributed by atoms with van der Waals surface area (Å²) < 4.78 is 11.7. The van der Waals surface area contributed by atoms with E-state index in [0.29, 0.717) is 0 Å². The number of ether oxygens (including phenoxy) is 2. The molecule has 90 valence electrons. The van der Waals surface area contributed by atoms with E-state index in [9.17, 15) is 0 Å². The van der Waals surface area contributed by atoms with E-state index < -0.39 is 0 Å². The van der Waals surface area contributed by atoms with Crippen molar-refractivity contribution in [1.82, 2.24) is 0 Å². The molecule has 0 heterocycles. The van der Waals surface area contributed by atoms with Gasteiger partial charge in [0.05, 0.1) is 0 Å². The van der Waals surface area contributed by atoms with Crippen molar-refractivity contribution in [2.24, 2.45) is 0 Å². The highest BCUT2D eigenvalue weighted by atomic mass is 79.9. The van der Waals surface area contributed by atoms with Crippen molar-refractivity contribution in [2.45, 2.75) is 32.5 Å². The smallest absolute Gasteiger partial charge is 0.184 e. The fourth-order valence-electron chi connectivity index (χ4n) is 1.76. The van der Waals surface area contributed by atoms with Gasteiger partial charge in [0.25, 0.3) is 0 Å². The van der Waals surface area contributed by atoms with Gasteiger partial charge >= 0.3 is 0 Å². The highest BCUT2D eigenvalue weighted by Crippen LogP contribution is 2.36. The second kappa shape index (κ2) is 5.30. The molecule has 0 fully saturated rings. The average molecular weight is 287 g/mol. The molecule has 2 nitrogen and oxygen atoms in total. The molecule has 1 aromatic rings. The Labute approximate surface area is 106 Å². The molecule has 3 heteroatoms. The predicted molar refractivity (Wildman–Crippen MR) is 69.6 cm³/mol. The molecular weight excluding hydrogens is 268 g/mol. The summed E-state index contributed by atoms with van der Waals surface area (Å²) in [6.07, 6.45) is -0.329. The van der Waals surface area contributed by atoms with Gasteiger partial charge in [-0.3, -0.25) is 0 Å². The number of benzene rings is 1. The molecular formula is C13H19BrO2. The van der Waals surface area contributed by atoms with Crippen LogP contribution >= 0.6 is 15.9 Å². The number of methoxy groups -OCH3 is 2. The van der Waals surface area contributed by atoms with Crippen LogP contribution in [0, 0.1) is 0 Å². The minimum absolute atomic E-state index is 0.0639. The second-order valence-electron chi connectivity index (χ2n) is 4.75. The van der Waals surface area contributed by atoms with Crippen molar-refractivity contribution in [3.63, 3.8) is 0 Å². The first-order chi connectivity index (χ1) is 7.41. The van der Waals surface area contributed by atoms with Gasteiger partial charge in [0, 0.05) is 24.3 Å². The standard InChI is InChI=1S/C13H19BrO2/c1-13(2,3)9-7-6-8-10(14)11(9)12(15-4)16-5/h6-8,12H,1-5H3. The van der Waals surface area contributed by atoms with Crippen LogP contribution < -0.4 is 0 Å². The van der Waals surface area contributed by atoms with E-state index in [1.165, 1.54) is 5.56 Å². The molecule has 0 unspecified atom stereocenters. The lowest BCUT2D eigenvalue weighted by atomic mass is 9.83. The lowest BCUT2D eigenvalue weighted by Gasteiger charge is -2.27. The topological polar surface area (TPSA) is 18.5 Å². The zero-order valence-corrected chi connectivity index (χ0v) is 12.1. The maximum Gasteiger partial charge on any atom is 0.184 e. The average Bonchev–Trinajstić information content (AvgIpc) is 2.20. The Kier molecular flexibility index (Phi) is 4.53. The van der Waals surface area contributed by atoms with Gasteiger partial charge in [0.1, 0.15) is 0 Å². The molecule has 16 heavy (non-hydrogen) atoms. The molecule has 0 spiro atoms. The first kappa shape index (κ1) is 13.7. The SMILES string of the molecule is COC(OC)c1c(Br)cccc1C(C)(C)C. The second-order valence-corrected chi connectivity index (χ2v) is 5.61. The Hall–Kier alpha value is -0.380. The molecule has 0 saturated carbocycles. The van der Waals surface area contributed by atoms with E-state index in [0.717, 1.165) is 10.0 Å². The number of halogens is 1. The van der Waals surface area contributed by atoms with Crippen LogP contribution in [0.5, 0.6) is 0 Å². The number of rotatable bonds is 3. The van der Waals surface area contributed by atoms with E-state index in [1.54, 1.807) is 14.2 Å². The van der Waals surface area contributed by atoms with Gasteiger partial charge in [0.15, 0.2) is 6.29 Å². The molecule has 1 rings (SSSR count). The fraction of sp³-hybridized carbons (Fsp3) is 0.538. The number of hydrogen-bond donors (Lipinski definition) is 0. The molecule has 0 N–H and O–H groups in total. The zero-order chi connectivity index (χ0) is 12.3. The summed E-state index contributed by atoms with van der Waals surface area (Å²) in [5, 5.41) is 0. The van der Waals surface area contributed by atoms with Gasteiger partial charge in [-0.05, 0) is 17.0 Å². The zero-order valence-electron chi connectivity index (χ0n) is 10.5. The summed E-state index contributed by atoms with van der Waals surface area (Å²) in [6.45, 7) is 6.54. The quantitative estimate of drug-likeness (QED) is 0.781. The van der Waals surface area contributed by atoms with Gasteiger partial charge < -0.3 is 9.47 Å². The van der Waals surface area contributed by atoms with Crippen molar-refractivity contribution in [3.05, 3.63) is 33.8 Å². The minimum Gasteiger partial charge on any atom is -0.352 e. The third kappa shape index (κ3) is 2.84. The lowest BCUT2D eigenvalue weighted by Crippen LogP contribution is -2.18. The minimum atomic E-state index is -0.329. The van der Waals surface area contributed by atoms with E-state index >= 15 is 0 Å². The van der Waals surface area contributed by atoms with Crippen molar-refractivity contribution in [2.75, 3.05) is 14.2 Å². The maximum absolute atomic E-state index is 5.35. The molecule has 0 saturated heterocycles. The van der Waals surface area contributed by atoms with Crippen LogP contribution in [0.3, 0.4) is 0 Å². The van der Waals surface area contributed by atoms with Crippen molar-refractivity contribution >= 4 is 15.9 Å². The highest BCUT2D eigenvalue weighted by molar-refractivity contribution is 9.10. The molecule has 0 radical (unpaired) electrons. The molecule has 0 aromatic heterocycles. The van der Waals surface area contributed by atoms with E-state index in [-0.39, 0.29) is 11.7 Å². The van der Waals surface area contributed by atoms with Crippen molar-refractivity contribution in [3.8, 4) is 0 Å². The van der Waals surface area contributed by atoms with Crippen LogP contribution in [0.25, 0.3) is 0 Å². The molecule has 0 aliphatic carbocycles. The van der Waals surface area contributed by atoms with Crippen LogP contribution in [0.15, 0.2) is 22.7 Å². The predicted octanol–water partition coefficient (Wildman–Crippen LogP) is 4.04. The third-order valence-corrected chi connectivity index (χ3v) is 3.22. The van der Waals surface area contributed by atoms with Gasteiger partial charge in [-0.1, -0.05) is 48.8 Å². The van der Waals surface area contributed by atoms with Crippen LogP contribution in [0.1, 0.15) is 38.2 Å². The summed E-state index contributed by atoms with van der Waals surface area (Å²) in [5.41, 5.74) is 2.37. The first-order valence-corrected chi connectivity index (χ1v) is 6.05. The van der Waals surface area contributed by atoms with Gasteiger partial charge in [-0.25, -0.2) is 0 Å². The largest absolute Gasteiger partial charge is 0.352 e. The molecule has 0 atom stereocenters. The summed E-state index contributed by atoms with van der Waals surface area (Å²) in [4.78, 5) is 0. The Balaban J connectivity index is 3.34. The summed E-state index contributed by atoms with van der Waals surface area (Å²) in [7, 11) is 3.31. The van der Waals surface area contributed by atoms with E-state index in [1.807, 2.05) is 12.1 Å². The van der Waals surface area contributed by atoms with Crippen LogP contribution in [0.2, 0.25) is 0 Å². The maximum atomic E-state index is 5.35. The van der Waals surface area contributed by atoms with Crippen LogP contribution in [0.4, 0.5) is 0 Å². The Morgan fingerprint density at radius 2 is 1.69 bits per heavy atom. The van der Waals surface area contributed by atoms with E-state index in [4.69, 9.17) is 9.47 Å². The fourth-order valence-corrected chi connectivity index (χ4v) is 2.32. The summed E-state index contributed by atoms with van der Waals surface area (Å²) in [5.74, 6) is 0. The molecule has 0 aliphatic rings. The Morgan fingerprint density at radius 1 is 1.12 bits per heavy atom. The van der Waals surface area contributed by atoms with Crippen LogP contribution in [-0.4, -0.2) is 14.2 Å². The van der Waals surface area contributed by atoms with Crippen molar-refractivity contribution in [1.29, 1.82) is 0 Å². The number of hydrogen-bond acceptors (Lipinski definition) is 2. The van der Waals surface area contributed by atoms with Crippen LogP contribution in [-0.2, 0) is 14.9 Å². The van der Waals surface area contributed by atoms with Gasteiger partial charge in [0.2, 0.25) is 0 Å². The summed E-state index contributed by atoms with van der Waals surface area (Å²) in [6, 6.07) is 6.16. The van der Waals surface area contributed by atoms with E-state index in [2.05, 4.69) is 42.8 Å². The summed E-state index contributed by atoms with van der Waals surface area (Å²) >= 11 is 3.56. The lowest BCUT2D eigenvalue weighted by molar-refractivity contribution is -0.107. The molecule has 0 aliphatic heterocycles. The molecule has 0 amide bonds. The van der Waals surface area contributed by atoms with Gasteiger partial charge in [-0.2, -0.15) is 0 Å². The monoisotopic (exact) mass is 286 g/mol. The highest BCUT2D eigenvalue weighted by Gasteiger charge is 2.24. The third-order valence-electron chi connectivity index (χ3n) is 2.52. The normalized spacial score (nSPS) is 12.2. The Morgan fingerprint density at radius 3 is 2.12 bits per heavy atom. The Bertz CT molecular complexity index is 351. The molecule has 0 bridgehead atoms. The first-order valence-electron chi connectivity index (χ1n) is 5.26. The molecule has 1 aromatic carbocycles. The van der Waals surface area contributed by atoms with Crippen molar-refractivity contribution < 1.29 is 9.47 Å². The van der Waals surface area contributed by atoms with Gasteiger partial charge in [-0.15, -0.1) is 0 Å².